The van der Waals surface area contributed by atoms with Crippen molar-refractivity contribution in [2.75, 3.05) is 13.7 Å². The maximum absolute atomic E-state index is 12.3. The van der Waals surface area contributed by atoms with E-state index in [-0.39, 0.29) is 31.2 Å². The van der Waals surface area contributed by atoms with Gasteiger partial charge in [-0.2, -0.15) is 0 Å². The van der Waals surface area contributed by atoms with Gasteiger partial charge in [-0.1, -0.05) is 18.2 Å². The van der Waals surface area contributed by atoms with E-state index in [2.05, 4.69) is 4.98 Å². The van der Waals surface area contributed by atoms with E-state index in [0.29, 0.717) is 11.3 Å². The third kappa shape index (κ3) is 3.55. The number of fused-ring (bicyclic) bond motifs is 1. The summed E-state index contributed by atoms with van der Waals surface area (Å²) < 4.78 is 10.2. The molecule has 0 aliphatic rings. The van der Waals surface area contributed by atoms with Crippen molar-refractivity contribution in [3.05, 3.63) is 70.4 Å². The summed E-state index contributed by atoms with van der Waals surface area (Å²) in [6.45, 7) is 0.413. The summed E-state index contributed by atoms with van der Waals surface area (Å²) in [5.74, 6) is 0.443. The molecule has 0 spiro atoms. The molecule has 0 fully saturated rings. The minimum Gasteiger partial charge on any atom is -0.467 e. The first-order valence-electron chi connectivity index (χ1n) is 7.57. The molecule has 0 atom stereocenters. The number of pyridine rings is 1. The molecule has 1 amide bonds. The Morgan fingerprint density at radius 3 is 2.79 bits per heavy atom. The molecule has 3 aromatic rings. The van der Waals surface area contributed by atoms with Gasteiger partial charge in [-0.3, -0.25) is 9.59 Å². The standard InChI is InChI=1S/C18H18N2O4/c1-23-12-17(21)20(11-15-6-4-8-24-15)10-14-9-13-5-2-3-7-16(13)19-18(14)22/h2-9H,10-12H2,1H3,(H,19,22). The highest BCUT2D eigenvalue weighted by atomic mass is 16.5. The molecule has 0 bridgehead atoms. The zero-order chi connectivity index (χ0) is 16.9. The van der Waals surface area contributed by atoms with Crippen molar-refractivity contribution in [3.63, 3.8) is 0 Å². The first-order valence-corrected chi connectivity index (χ1v) is 7.57. The molecule has 0 aliphatic carbocycles. The van der Waals surface area contributed by atoms with Gasteiger partial charge in [0, 0.05) is 18.2 Å². The van der Waals surface area contributed by atoms with Crippen LogP contribution in [0.25, 0.3) is 10.9 Å². The van der Waals surface area contributed by atoms with Crippen LogP contribution in [0, 0.1) is 0 Å². The van der Waals surface area contributed by atoms with Crippen LogP contribution in [0.2, 0.25) is 0 Å². The fraction of sp³-hybridized carbons (Fsp3) is 0.222. The Balaban J connectivity index is 1.90. The van der Waals surface area contributed by atoms with Crippen molar-refractivity contribution >= 4 is 16.8 Å². The number of rotatable bonds is 6. The molecule has 24 heavy (non-hydrogen) atoms. The monoisotopic (exact) mass is 326 g/mol. The van der Waals surface area contributed by atoms with Gasteiger partial charge >= 0.3 is 0 Å². The molecule has 0 unspecified atom stereocenters. The lowest BCUT2D eigenvalue weighted by atomic mass is 10.1. The minimum atomic E-state index is -0.207. The van der Waals surface area contributed by atoms with Crippen LogP contribution in [-0.4, -0.2) is 29.5 Å². The van der Waals surface area contributed by atoms with Crippen LogP contribution in [0.1, 0.15) is 11.3 Å². The Morgan fingerprint density at radius 1 is 1.21 bits per heavy atom. The number of aromatic nitrogens is 1. The number of carbonyl (C=O) groups excluding carboxylic acids is 1. The van der Waals surface area contributed by atoms with Gasteiger partial charge in [0.25, 0.3) is 5.56 Å². The second-order valence-corrected chi connectivity index (χ2v) is 5.47. The highest BCUT2D eigenvalue weighted by Crippen LogP contribution is 2.13. The van der Waals surface area contributed by atoms with E-state index in [1.165, 1.54) is 7.11 Å². The Kier molecular flexibility index (Phi) is 4.77. The number of amides is 1. The largest absolute Gasteiger partial charge is 0.467 e. The molecule has 6 heteroatoms. The number of H-pyrrole nitrogens is 1. The molecule has 0 aliphatic heterocycles. The van der Waals surface area contributed by atoms with Crippen LogP contribution >= 0.6 is 0 Å². The van der Waals surface area contributed by atoms with E-state index >= 15 is 0 Å². The second-order valence-electron chi connectivity index (χ2n) is 5.47. The SMILES string of the molecule is COCC(=O)N(Cc1ccco1)Cc1cc2ccccc2[nH]c1=O. The predicted molar refractivity (Wildman–Crippen MR) is 89.4 cm³/mol. The van der Waals surface area contributed by atoms with Crippen LogP contribution in [0.4, 0.5) is 0 Å². The van der Waals surface area contributed by atoms with Crippen LogP contribution in [-0.2, 0) is 22.6 Å². The van der Waals surface area contributed by atoms with E-state index in [1.807, 2.05) is 30.3 Å². The van der Waals surface area contributed by atoms with E-state index in [9.17, 15) is 9.59 Å². The Morgan fingerprint density at radius 2 is 2.04 bits per heavy atom. The molecular formula is C18H18N2O4. The molecular weight excluding hydrogens is 308 g/mol. The van der Waals surface area contributed by atoms with Gasteiger partial charge in [-0.05, 0) is 29.7 Å². The Labute approximate surface area is 138 Å². The van der Waals surface area contributed by atoms with Crippen LogP contribution in [0.5, 0.6) is 0 Å². The lowest BCUT2D eigenvalue weighted by Crippen LogP contribution is -2.34. The summed E-state index contributed by atoms with van der Waals surface area (Å²) in [5.41, 5.74) is 1.08. The first-order chi connectivity index (χ1) is 11.7. The summed E-state index contributed by atoms with van der Waals surface area (Å²) in [7, 11) is 1.46. The van der Waals surface area contributed by atoms with Gasteiger partial charge in [-0.15, -0.1) is 0 Å². The lowest BCUT2D eigenvalue weighted by Gasteiger charge is -2.21. The quantitative estimate of drug-likeness (QED) is 0.754. The predicted octanol–water partition coefficient (Wildman–Crippen LogP) is 2.30. The molecule has 2 aromatic heterocycles. The average Bonchev–Trinajstić information content (AvgIpc) is 3.08. The molecule has 2 heterocycles. The van der Waals surface area contributed by atoms with Crippen LogP contribution in [0.15, 0.2) is 57.9 Å². The summed E-state index contributed by atoms with van der Waals surface area (Å²) in [6.07, 6.45) is 1.55. The number of furan rings is 1. The van der Waals surface area contributed by atoms with Gasteiger partial charge in [0.1, 0.15) is 12.4 Å². The molecule has 0 saturated carbocycles. The summed E-state index contributed by atoms with van der Waals surface area (Å²) >= 11 is 0. The Bertz CT molecular complexity index is 883. The molecule has 0 saturated heterocycles. The normalized spacial score (nSPS) is 10.9. The van der Waals surface area contributed by atoms with Crippen molar-refractivity contribution < 1.29 is 13.9 Å². The lowest BCUT2D eigenvalue weighted by molar-refractivity contribution is -0.136. The number of benzene rings is 1. The zero-order valence-electron chi connectivity index (χ0n) is 13.3. The van der Waals surface area contributed by atoms with E-state index < -0.39 is 0 Å². The number of carbonyl (C=O) groups is 1. The van der Waals surface area contributed by atoms with Crippen molar-refractivity contribution in [2.45, 2.75) is 13.1 Å². The third-order valence-corrected chi connectivity index (χ3v) is 3.74. The smallest absolute Gasteiger partial charge is 0.253 e. The number of nitrogens with one attached hydrogen (secondary N) is 1. The molecule has 124 valence electrons. The molecule has 3 rings (SSSR count). The molecule has 1 aromatic carbocycles. The third-order valence-electron chi connectivity index (χ3n) is 3.74. The van der Waals surface area contributed by atoms with Gasteiger partial charge in [0.2, 0.25) is 5.91 Å². The number of para-hydroxylation sites is 1. The van der Waals surface area contributed by atoms with Gasteiger partial charge in [0.15, 0.2) is 0 Å². The number of methoxy groups -OCH3 is 1. The first kappa shape index (κ1) is 16.0. The second kappa shape index (κ2) is 7.14. The fourth-order valence-electron chi connectivity index (χ4n) is 2.55. The number of ether oxygens (including phenoxy) is 1. The highest BCUT2D eigenvalue weighted by molar-refractivity contribution is 5.79. The minimum absolute atomic E-state index is 0.0494. The van der Waals surface area contributed by atoms with Gasteiger partial charge in [0.05, 0.1) is 19.4 Å². The Hall–Kier alpha value is -2.86. The molecule has 0 radical (unpaired) electrons. The maximum Gasteiger partial charge on any atom is 0.253 e. The number of nitrogens with zero attached hydrogens (tertiary/aromatic N) is 1. The topological polar surface area (TPSA) is 75.5 Å². The summed E-state index contributed by atoms with van der Waals surface area (Å²) in [5, 5.41) is 0.921. The van der Waals surface area contributed by atoms with E-state index in [0.717, 1.165) is 10.9 Å². The molecule has 6 nitrogen and oxygen atoms in total. The fourth-order valence-corrected chi connectivity index (χ4v) is 2.55. The molecule has 1 N–H and O–H groups in total. The van der Waals surface area contributed by atoms with Crippen molar-refractivity contribution in [1.82, 2.24) is 9.88 Å². The average molecular weight is 326 g/mol. The van der Waals surface area contributed by atoms with Crippen LogP contribution in [0.3, 0.4) is 0 Å². The van der Waals surface area contributed by atoms with E-state index in [4.69, 9.17) is 9.15 Å². The van der Waals surface area contributed by atoms with E-state index in [1.54, 1.807) is 23.3 Å². The van der Waals surface area contributed by atoms with Crippen molar-refractivity contribution in [2.24, 2.45) is 0 Å². The van der Waals surface area contributed by atoms with Gasteiger partial charge < -0.3 is 19.0 Å². The van der Waals surface area contributed by atoms with Crippen molar-refractivity contribution in [1.29, 1.82) is 0 Å². The maximum atomic E-state index is 12.3. The number of hydrogen-bond donors (Lipinski definition) is 1. The van der Waals surface area contributed by atoms with Gasteiger partial charge in [-0.25, -0.2) is 0 Å². The highest BCUT2D eigenvalue weighted by Gasteiger charge is 2.17. The number of hydrogen-bond acceptors (Lipinski definition) is 4. The van der Waals surface area contributed by atoms with Crippen molar-refractivity contribution in [3.8, 4) is 0 Å². The summed E-state index contributed by atoms with van der Waals surface area (Å²) in [4.78, 5) is 29.0. The summed E-state index contributed by atoms with van der Waals surface area (Å²) in [6, 6.07) is 12.9. The zero-order valence-corrected chi connectivity index (χ0v) is 13.3. The number of aromatic amines is 1. The van der Waals surface area contributed by atoms with Crippen LogP contribution < -0.4 is 5.56 Å².